The maximum atomic E-state index is 6.03. The molecule has 1 N–H and O–H groups in total. The second kappa shape index (κ2) is 7.65. The summed E-state index contributed by atoms with van der Waals surface area (Å²) >= 11 is 6.03. The molecule has 0 spiro atoms. The molecule has 118 valence electrons. The molecular formula is C19H30ClN. The second-order valence-electron chi connectivity index (χ2n) is 7.24. The first kappa shape index (κ1) is 16.8. The van der Waals surface area contributed by atoms with Crippen molar-refractivity contribution in [1.29, 1.82) is 0 Å². The molecule has 1 fully saturated rings. The van der Waals surface area contributed by atoms with Crippen molar-refractivity contribution in [1.82, 2.24) is 5.32 Å². The quantitative estimate of drug-likeness (QED) is 0.720. The Labute approximate surface area is 135 Å². The van der Waals surface area contributed by atoms with Crippen LogP contribution in [-0.4, -0.2) is 6.04 Å². The number of hydrogen-bond acceptors (Lipinski definition) is 1. The van der Waals surface area contributed by atoms with E-state index >= 15 is 0 Å². The minimum Gasteiger partial charge on any atom is -0.307 e. The average Bonchev–Trinajstić information content (AvgIpc) is 2.46. The van der Waals surface area contributed by atoms with Crippen LogP contribution >= 0.6 is 11.6 Å². The SMILES string of the molecule is CC(C)C(NC1CCCCC1C(C)C)c1ccc(Cl)cc1. The lowest BCUT2D eigenvalue weighted by Gasteiger charge is -2.38. The molecule has 3 atom stereocenters. The van der Waals surface area contributed by atoms with Crippen LogP contribution in [0.15, 0.2) is 24.3 Å². The molecule has 1 nitrogen and oxygen atoms in total. The van der Waals surface area contributed by atoms with Gasteiger partial charge in [-0.25, -0.2) is 0 Å². The molecule has 3 unspecified atom stereocenters. The number of halogens is 1. The fourth-order valence-corrected chi connectivity index (χ4v) is 3.86. The van der Waals surface area contributed by atoms with Crippen LogP contribution < -0.4 is 5.32 Å². The zero-order valence-electron chi connectivity index (χ0n) is 13.9. The van der Waals surface area contributed by atoms with Crippen molar-refractivity contribution < 1.29 is 0 Å². The van der Waals surface area contributed by atoms with Gasteiger partial charge in [0.15, 0.2) is 0 Å². The van der Waals surface area contributed by atoms with E-state index in [-0.39, 0.29) is 0 Å². The van der Waals surface area contributed by atoms with Crippen LogP contribution in [0, 0.1) is 17.8 Å². The zero-order chi connectivity index (χ0) is 15.4. The van der Waals surface area contributed by atoms with Crippen molar-refractivity contribution in [3.05, 3.63) is 34.9 Å². The van der Waals surface area contributed by atoms with Crippen LogP contribution in [0.4, 0.5) is 0 Å². The highest BCUT2D eigenvalue weighted by Crippen LogP contribution is 2.33. The van der Waals surface area contributed by atoms with Crippen molar-refractivity contribution in [2.24, 2.45) is 17.8 Å². The van der Waals surface area contributed by atoms with Gasteiger partial charge in [0, 0.05) is 17.1 Å². The molecule has 2 heteroatoms. The van der Waals surface area contributed by atoms with Gasteiger partial charge in [-0.3, -0.25) is 0 Å². The summed E-state index contributed by atoms with van der Waals surface area (Å²) in [7, 11) is 0. The molecule has 1 aliphatic carbocycles. The van der Waals surface area contributed by atoms with Gasteiger partial charge in [0.2, 0.25) is 0 Å². The standard InChI is InChI=1S/C19H30ClN/c1-13(2)17-7-5-6-8-18(17)21-19(14(3)4)15-9-11-16(20)12-10-15/h9-14,17-19,21H,5-8H2,1-4H3. The lowest BCUT2D eigenvalue weighted by Crippen LogP contribution is -2.44. The number of nitrogens with one attached hydrogen (secondary N) is 1. The molecular weight excluding hydrogens is 278 g/mol. The first-order valence-corrected chi connectivity index (χ1v) is 8.88. The van der Waals surface area contributed by atoms with Gasteiger partial charge in [0.1, 0.15) is 0 Å². The molecule has 0 bridgehead atoms. The van der Waals surface area contributed by atoms with E-state index in [2.05, 4.69) is 45.1 Å². The van der Waals surface area contributed by atoms with Crippen molar-refractivity contribution in [2.45, 2.75) is 65.5 Å². The van der Waals surface area contributed by atoms with Crippen LogP contribution in [0.5, 0.6) is 0 Å². The van der Waals surface area contributed by atoms with Crippen molar-refractivity contribution in [2.75, 3.05) is 0 Å². The van der Waals surface area contributed by atoms with Crippen LogP contribution in [0.3, 0.4) is 0 Å². The summed E-state index contributed by atoms with van der Waals surface area (Å²) in [5.74, 6) is 2.16. The molecule has 1 aliphatic rings. The van der Waals surface area contributed by atoms with Gasteiger partial charge in [-0.15, -0.1) is 0 Å². The smallest absolute Gasteiger partial charge is 0.0406 e. The first-order valence-electron chi connectivity index (χ1n) is 8.50. The molecule has 1 aromatic rings. The highest BCUT2D eigenvalue weighted by Gasteiger charge is 2.30. The van der Waals surface area contributed by atoms with E-state index in [1.807, 2.05) is 12.1 Å². The maximum absolute atomic E-state index is 6.03. The molecule has 21 heavy (non-hydrogen) atoms. The minimum absolute atomic E-state index is 0.423. The molecule has 1 aromatic carbocycles. The van der Waals surface area contributed by atoms with Crippen molar-refractivity contribution in [3.63, 3.8) is 0 Å². The molecule has 0 amide bonds. The topological polar surface area (TPSA) is 12.0 Å². The number of rotatable bonds is 5. The van der Waals surface area contributed by atoms with E-state index in [0.29, 0.717) is 18.0 Å². The van der Waals surface area contributed by atoms with Crippen LogP contribution in [-0.2, 0) is 0 Å². The Morgan fingerprint density at radius 2 is 1.62 bits per heavy atom. The van der Waals surface area contributed by atoms with Gasteiger partial charge in [0.05, 0.1) is 0 Å². The minimum atomic E-state index is 0.423. The molecule has 0 aromatic heterocycles. The second-order valence-corrected chi connectivity index (χ2v) is 7.68. The molecule has 0 heterocycles. The predicted octanol–water partition coefficient (Wildman–Crippen LogP) is 5.84. The van der Waals surface area contributed by atoms with Gasteiger partial charge >= 0.3 is 0 Å². The third-order valence-corrected chi connectivity index (χ3v) is 5.22. The molecule has 0 radical (unpaired) electrons. The first-order chi connectivity index (χ1) is 9.99. The maximum Gasteiger partial charge on any atom is 0.0406 e. The van der Waals surface area contributed by atoms with E-state index in [4.69, 9.17) is 11.6 Å². The summed E-state index contributed by atoms with van der Waals surface area (Å²) in [6.07, 6.45) is 5.46. The fraction of sp³-hybridized carbons (Fsp3) is 0.684. The fourth-order valence-electron chi connectivity index (χ4n) is 3.74. The van der Waals surface area contributed by atoms with Gasteiger partial charge in [-0.2, -0.15) is 0 Å². The van der Waals surface area contributed by atoms with E-state index in [1.165, 1.54) is 31.2 Å². The lowest BCUT2D eigenvalue weighted by molar-refractivity contribution is 0.180. The Hall–Kier alpha value is -0.530. The molecule has 2 rings (SSSR count). The Morgan fingerprint density at radius 3 is 2.19 bits per heavy atom. The van der Waals surface area contributed by atoms with Crippen molar-refractivity contribution in [3.8, 4) is 0 Å². The van der Waals surface area contributed by atoms with E-state index in [9.17, 15) is 0 Å². The summed E-state index contributed by atoms with van der Waals surface area (Å²) in [4.78, 5) is 0. The largest absolute Gasteiger partial charge is 0.307 e. The Balaban J connectivity index is 2.13. The third-order valence-electron chi connectivity index (χ3n) is 4.97. The van der Waals surface area contributed by atoms with Gasteiger partial charge < -0.3 is 5.32 Å². The summed E-state index contributed by atoms with van der Waals surface area (Å²) in [5, 5.41) is 4.80. The average molecular weight is 308 g/mol. The summed E-state index contributed by atoms with van der Waals surface area (Å²) in [6, 6.07) is 9.44. The Morgan fingerprint density at radius 1 is 1.00 bits per heavy atom. The third kappa shape index (κ3) is 4.47. The van der Waals surface area contributed by atoms with Crippen molar-refractivity contribution >= 4 is 11.6 Å². The van der Waals surface area contributed by atoms with Crippen LogP contribution in [0.2, 0.25) is 5.02 Å². The van der Waals surface area contributed by atoms with E-state index in [1.54, 1.807) is 0 Å². The van der Waals surface area contributed by atoms with E-state index in [0.717, 1.165) is 16.9 Å². The molecule has 0 aliphatic heterocycles. The Bertz CT molecular complexity index is 424. The van der Waals surface area contributed by atoms with Gasteiger partial charge in [0.25, 0.3) is 0 Å². The number of hydrogen-bond donors (Lipinski definition) is 1. The van der Waals surface area contributed by atoms with Crippen LogP contribution in [0.25, 0.3) is 0 Å². The highest BCUT2D eigenvalue weighted by molar-refractivity contribution is 6.30. The lowest BCUT2D eigenvalue weighted by atomic mass is 9.77. The summed E-state index contributed by atoms with van der Waals surface area (Å²) < 4.78 is 0. The summed E-state index contributed by atoms with van der Waals surface area (Å²) in [5.41, 5.74) is 1.36. The summed E-state index contributed by atoms with van der Waals surface area (Å²) in [6.45, 7) is 9.35. The monoisotopic (exact) mass is 307 g/mol. The highest BCUT2D eigenvalue weighted by atomic mass is 35.5. The van der Waals surface area contributed by atoms with Gasteiger partial charge in [-0.1, -0.05) is 64.3 Å². The normalized spacial score (nSPS) is 24.5. The Kier molecular flexibility index (Phi) is 6.13. The van der Waals surface area contributed by atoms with Gasteiger partial charge in [-0.05, 0) is 48.3 Å². The van der Waals surface area contributed by atoms with E-state index < -0.39 is 0 Å². The predicted molar refractivity (Wildman–Crippen MR) is 92.8 cm³/mol. The van der Waals surface area contributed by atoms with Crippen LogP contribution in [0.1, 0.15) is 65.0 Å². The molecule has 0 saturated heterocycles. The zero-order valence-corrected chi connectivity index (χ0v) is 14.7. The molecule has 1 saturated carbocycles. The number of benzene rings is 1.